The molecule has 1 aromatic rings. The number of rotatable bonds is 5. The summed E-state index contributed by atoms with van der Waals surface area (Å²) in [6.07, 6.45) is 0. The van der Waals surface area contributed by atoms with E-state index in [1.165, 1.54) is 26.4 Å². The van der Waals surface area contributed by atoms with E-state index in [0.29, 0.717) is 0 Å². The highest BCUT2D eigenvalue weighted by atomic mass is 16.5. The predicted octanol–water partition coefficient (Wildman–Crippen LogP) is 0.310. The van der Waals surface area contributed by atoms with Crippen LogP contribution in [-0.2, 0) is 14.3 Å². The Morgan fingerprint density at radius 1 is 1.33 bits per heavy atom. The van der Waals surface area contributed by atoms with Gasteiger partial charge in [-0.05, 0) is 12.1 Å². The highest BCUT2D eigenvalue weighted by molar-refractivity contribution is 5.98. The van der Waals surface area contributed by atoms with Crippen LogP contribution in [0.15, 0.2) is 24.3 Å². The first kappa shape index (κ1) is 14.0. The van der Waals surface area contributed by atoms with Crippen LogP contribution in [0, 0.1) is 0 Å². The Kier molecular flexibility index (Phi) is 5.13. The lowest BCUT2D eigenvalue weighted by molar-refractivity contribution is -0.144. The van der Waals surface area contributed by atoms with Gasteiger partial charge in [-0.3, -0.25) is 4.79 Å². The molecule has 0 fully saturated rings. The topological polar surface area (TPSA) is 84.9 Å². The van der Waals surface area contributed by atoms with Crippen LogP contribution in [0.25, 0.3) is 0 Å². The second-order valence-corrected chi connectivity index (χ2v) is 3.52. The number of ether oxygens (including phenoxy) is 2. The molecule has 98 valence electrons. The molecule has 18 heavy (non-hydrogen) atoms. The van der Waals surface area contributed by atoms with Gasteiger partial charge in [-0.15, -0.1) is 0 Å². The van der Waals surface area contributed by atoms with Gasteiger partial charge in [0.15, 0.2) is 6.04 Å². The molecule has 2 N–H and O–H groups in total. The van der Waals surface area contributed by atoms with Gasteiger partial charge < -0.3 is 19.9 Å². The summed E-state index contributed by atoms with van der Waals surface area (Å²) in [6, 6.07) is 5.13. The molecule has 0 saturated heterocycles. The van der Waals surface area contributed by atoms with E-state index < -0.39 is 17.9 Å². The maximum atomic E-state index is 11.8. The Labute approximate surface area is 105 Å². The summed E-state index contributed by atoms with van der Waals surface area (Å²) in [7, 11) is 2.62. The highest BCUT2D eigenvalue weighted by Crippen LogP contribution is 2.15. The molecule has 1 aromatic carbocycles. The lowest BCUT2D eigenvalue weighted by Crippen LogP contribution is -2.44. The fourth-order valence-corrected chi connectivity index (χ4v) is 1.38. The number of amides is 1. The van der Waals surface area contributed by atoms with E-state index in [4.69, 9.17) is 4.74 Å². The van der Waals surface area contributed by atoms with Crippen molar-refractivity contribution < 1.29 is 24.2 Å². The van der Waals surface area contributed by atoms with Crippen LogP contribution in [0.2, 0.25) is 0 Å². The standard InChI is InChI=1S/C12H15NO5/c1-17-7-9(12(16)18-2)13-11(15)8-5-3-4-6-10(8)14/h3-6,9,14H,7H2,1-2H3,(H,13,15)/t9-/m0/s1. The molecule has 0 aromatic heterocycles. The van der Waals surface area contributed by atoms with Crippen molar-refractivity contribution in [3.05, 3.63) is 29.8 Å². The lowest BCUT2D eigenvalue weighted by atomic mass is 10.1. The molecule has 0 unspecified atom stereocenters. The molecule has 0 heterocycles. The minimum absolute atomic E-state index is 0.00793. The molecule has 0 radical (unpaired) electrons. The van der Waals surface area contributed by atoms with Crippen molar-refractivity contribution in [3.63, 3.8) is 0 Å². The Balaban J connectivity index is 2.79. The Bertz CT molecular complexity index is 432. The largest absolute Gasteiger partial charge is 0.507 e. The van der Waals surface area contributed by atoms with Gasteiger partial charge in [-0.2, -0.15) is 0 Å². The van der Waals surface area contributed by atoms with E-state index in [0.717, 1.165) is 0 Å². The second-order valence-electron chi connectivity index (χ2n) is 3.52. The van der Waals surface area contributed by atoms with Crippen LogP contribution in [0.5, 0.6) is 5.75 Å². The molecule has 0 aliphatic heterocycles. The number of hydrogen-bond donors (Lipinski definition) is 2. The minimum Gasteiger partial charge on any atom is -0.507 e. The quantitative estimate of drug-likeness (QED) is 0.738. The fraction of sp³-hybridized carbons (Fsp3) is 0.333. The van der Waals surface area contributed by atoms with Crippen LogP contribution in [0.1, 0.15) is 10.4 Å². The van der Waals surface area contributed by atoms with Gasteiger partial charge in [-0.25, -0.2) is 4.79 Å². The molecule has 0 spiro atoms. The van der Waals surface area contributed by atoms with Crippen LogP contribution in [0.4, 0.5) is 0 Å². The van der Waals surface area contributed by atoms with Crippen LogP contribution in [-0.4, -0.2) is 43.9 Å². The lowest BCUT2D eigenvalue weighted by Gasteiger charge is -2.15. The van der Waals surface area contributed by atoms with Gasteiger partial charge in [0, 0.05) is 7.11 Å². The van der Waals surface area contributed by atoms with E-state index in [-0.39, 0.29) is 17.9 Å². The summed E-state index contributed by atoms with van der Waals surface area (Å²) in [5.41, 5.74) is 0.0857. The molecular formula is C12H15NO5. The molecule has 1 rings (SSSR count). The zero-order valence-corrected chi connectivity index (χ0v) is 10.2. The first-order chi connectivity index (χ1) is 8.60. The van der Waals surface area contributed by atoms with Crippen LogP contribution in [0.3, 0.4) is 0 Å². The van der Waals surface area contributed by atoms with E-state index in [2.05, 4.69) is 10.1 Å². The van der Waals surface area contributed by atoms with E-state index >= 15 is 0 Å². The Morgan fingerprint density at radius 3 is 2.56 bits per heavy atom. The molecule has 1 atom stereocenters. The molecular weight excluding hydrogens is 238 g/mol. The van der Waals surface area contributed by atoms with Crippen molar-refractivity contribution in [1.29, 1.82) is 0 Å². The van der Waals surface area contributed by atoms with Gasteiger partial charge >= 0.3 is 5.97 Å². The number of aromatic hydroxyl groups is 1. The van der Waals surface area contributed by atoms with Gasteiger partial charge in [0.25, 0.3) is 5.91 Å². The summed E-state index contributed by atoms with van der Waals surface area (Å²) in [4.78, 5) is 23.2. The van der Waals surface area contributed by atoms with E-state index in [1.54, 1.807) is 12.1 Å². The zero-order valence-electron chi connectivity index (χ0n) is 10.2. The zero-order chi connectivity index (χ0) is 13.5. The smallest absolute Gasteiger partial charge is 0.330 e. The van der Waals surface area contributed by atoms with Crippen molar-refractivity contribution in [2.24, 2.45) is 0 Å². The highest BCUT2D eigenvalue weighted by Gasteiger charge is 2.22. The molecule has 1 amide bonds. The van der Waals surface area contributed by atoms with Gasteiger partial charge in [0.2, 0.25) is 0 Å². The molecule has 0 aliphatic rings. The average molecular weight is 253 g/mol. The second kappa shape index (κ2) is 6.61. The third kappa shape index (κ3) is 3.46. The van der Waals surface area contributed by atoms with Gasteiger partial charge in [-0.1, -0.05) is 12.1 Å². The summed E-state index contributed by atoms with van der Waals surface area (Å²) in [5.74, 6) is -1.34. The molecule has 0 saturated carbocycles. The number of benzene rings is 1. The minimum atomic E-state index is -0.910. The first-order valence-electron chi connectivity index (χ1n) is 5.25. The molecule has 0 bridgehead atoms. The molecule has 6 nitrogen and oxygen atoms in total. The Morgan fingerprint density at radius 2 is 2.00 bits per heavy atom. The van der Waals surface area contributed by atoms with Crippen molar-refractivity contribution in [2.75, 3.05) is 20.8 Å². The maximum Gasteiger partial charge on any atom is 0.330 e. The summed E-state index contributed by atoms with van der Waals surface area (Å²) in [5, 5.41) is 11.9. The van der Waals surface area contributed by atoms with Gasteiger partial charge in [0.05, 0.1) is 19.3 Å². The predicted molar refractivity (Wildman–Crippen MR) is 63.3 cm³/mol. The summed E-state index contributed by atoms with van der Waals surface area (Å²) < 4.78 is 9.35. The van der Waals surface area contributed by atoms with Crippen LogP contribution >= 0.6 is 0 Å². The van der Waals surface area contributed by atoms with E-state index in [9.17, 15) is 14.7 Å². The Hall–Kier alpha value is -2.08. The number of nitrogens with one attached hydrogen (secondary N) is 1. The van der Waals surface area contributed by atoms with Crippen molar-refractivity contribution in [1.82, 2.24) is 5.32 Å². The van der Waals surface area contributed by atoms with Gasteiger partial charge in [0.1, 0.15) is 5.75 Å². The maximum absolute atomic E-state index is 11.8. The summed E-state index contributed by atoms with van der Waals surface area (Å²) >= 11 is 0. The van der Waals surface area contributed by atoms with Crippen LogP contribution < -0.4 is 5.32 Å². The SMILES string of the molecule is COC[C@H](NC(=O)c1ccccc1O)C(=O)OC. The number of esters is 1. The third-order valence-electron chi connectivity index (χ3n) is 2.27. The first-order valence-corrected chi connectivity index (χ1v) is 5.25. The number of phenolic OH excluding ortho intramolecular Hbond substituents is 1. The fourth-order valence-electron chi connectivity index (χ4n) is 1.38. The van der Waals surface area contributed by atoms with Crippen molar-refractivity contribution >= 4 is 11.9 Å². The molecule has 6 heteroatoms. The van der Waals surface area contributed by atoms with E-state index in [1.807, 2.05) is 0 Å². The normalized spacial score (nSPS) is 11.7. The average Bonchev–Trinajstić information content (AvgIpc) is 2.37. The summed E-state index contributed by atoms with van der Waals surface area (Å²) in [6.45, 7) is -0.00793. The van der Waals surface area contributed by atoms with Crippen molar-refractivity contribution in [3.8, 4) is 5.75 Å². The third-order valence-corrected chi connectivity index (χ3v) is 2.27. The number of carbonyl (C=O) groups is 2. The number of carbonyl (C=O) groups excluding carboxylic acids is 2. The number of para-hydroxylation sites is 1. The van der Waals surface area contributed by atoms with Crippen molar-refractivity contribution in [2.45, 2.75) is 6.04 Å². The molecule has 0 aliphatic carbocycles. The number of methoxy groups -OCH3 is 2. The number of phenols is 1. The monoisotopic (exact) mass is 253 g/mol. The number of hydrogen-bond acceptors (Lipinski definition) is 5.